The van der Waals surface area contributed by atoms with E-state index in [0.29, 0.717) is 5.82 Å². The van der Waals surface area contributed by atoms with Gasteiger partial charge in [-0.05, 0) is 18.2 Å². The molecule has 0 bridgehead atoms. The van der Waals surface area contributed by atoms with E-state index in [1.807, 2.05) is 18.2 Å². The second-order valence-electron chi connectivity index (χ2n) is 2.38. The fourth-order valence-electron chi connectivity index (χ4n) is 0.958. The van der Waals surface area contributed by atoms with Crippen molar-refractivity contribution in [3.8, 4) is 11.4 Å². The van der Waals surface area contributed by atoms with E-state index < -0.39 is 0 Å². The number of nitrogens with zero attached hydrogens (tertiary/aromatic N) is 2. The summed E-state index contributed by atoms with van der Waals surface area (Å²) in [5.74, 6) is 0.577. The van der Waals surface area contributed by atoms with Gasteiger partial charge in [0.1, 0.15) is 0 Å². The molecule has 1 heterocycles. The van der Waals surface area contributed by atoms with Crippen molar-refractivity contribution in [1.82, 2.24) is 10.1 Å². The summed E-state index contributed by atoms with van der Waals surface area (Å²) < 4.78 is 6.59. The van der Waals surface area contributed by atoms with Gasteiger partial charge in [-0.2, -0.15) is 4.98 Å². The lowest BCUT2D eigenvalue weighted by molar-refractivity contribution is 0.418. The standard InChI is InChI=1S/C8H4Br2N2O/c9-5-1-2-7(10)6(3-5)8-11-4-13-12-8/h1-4H. The van der Waals surface area contributed by atoms with E-state index >= 15 is 0 Å². The molecule has 2 aromatic rings. The van der Waals surface area contributed by atoms with Gasteiger partial charge in [-0.15, -0.1) is 0 Å². The summed E-state index contributed by atoms with van der Waals surface area (Å²) in [6.07, 6.45) is 1.31. The maximum Gasteiger partial charge on any atom is 0.214 e. The van der Waals surface area contributed by atoms with Crippen LogP contribution in [0.3, 0.4) is 0 Å². The van der Waals surface area contributed by atoms with E-state index in [9.17, 15) is 0 Å². The molecule has 0 saturated carbocycles. The molecule has 0 fully saturated rings. The van der Waals surface area contributed by atoms with Gasteiger partial charge >= 0.3 is 0 Å². The highest BCUT2D eigenvalue weighted by Gasteiger charge is 2.07. The zero-order chi connectivity index (χ0) is 9.26. The zero-order valence-corrected chi connectivity index (χ0v) is 9.54. The Hall–Kier alpha value is -0.680. The molecule has 0 spiro atoms. The first-order chi connectivity index (χ1) is 6.27. The van der Waals surface area contributed by atoms with E-state index in [2.05, 4.69) is 46.5 Å². The summed E-state index contributed by atoms with van der Waals surface area (Å²) in [6, 6.07) is 5.79. The molecule has 5 heteroatoms. The van der Waals surface area contributed by atoms with Crippen LogP contribution in [0.2, 0.25) is 0 Å². The predicted octanol–water partition coefficient (Wildman–Crippen LogP) is 3.26. The lowest BCUT2D eigenvalue weighted by Crippen LogP contribution is -1.82. The van der Waals surface area contributed by atoms with Crippen molar-refractivity contribution in [2.24, 2.45) is 0 Å². The Morgan fingerprint density at radius 2 is 2.08 bits per heavy atom. The molecular weight excluding hydrogens is 300 g/mol. The summed E-state index contributed by atoms with van der Waals surface area (Å²) in [7, 11) is 0. The van der Waals surface area contributed by atoms with Gasteiger partial charge in [0.05, 0.1) is 0 Å². The minimum atomic E-state index is 0.577. The quantitative estimate of drug-likeness (QED) is 0.811. The maximum atomic E-state index is 4.67. The fraction of sp³-hybridized carbons (Fsp3) is 0. The summed E-state index contributed by atoms with van der Waals surface area (Å²) in [5.41, 5.74) is 0.906. The number of halogens is 2. The van der Waals surface area contributed by atoms with Gasteiger partial charge in [0, 0.05) is 14.5 Å². The summed E-state index contributed by atoms with van der Waals surface area (Å²) in [6.45, 7) is 0. The van der Waals surface area contributed by atoms with Crippen LogP contribution >= 0.6 is 31.9 Å². The van der Waals surface area contributed by atoms with Crippen molar-refractivity contribution in [2.45, 2.75) is 0 Å². The van der Waals surface area contributed by atoms with Gasteiger partial charge in [0.15, 0.2) is 0 Å². The normalized spacial score (nSPS) is 10.3. The van der Waals surface area contributed by atoms with Crippen molar-refractivity contribution < 1.29 is 4.52 Å². The van der Waals surface area contributed by atoms with Gasteiger partial charge in [-0.3, -0.25) is 0 Å². The molecule has 0 aliphatic carbocycles. The third-order valence-electron chi connectivity index (χ3n) is 1.53. The molecule has 0 radical (unpaired) electrons. The second kappa shape index (κ2) is 3.59. The van der Waals surface area contributed by atoms with Crippen LogP contribution in [0.15, 0.2) is 38.1 Å². The van der Waals surface area contributed by atoms with Gasteiger partial charge in [0.2, 0.25) is 12.2 Å². The fourth-order valence-corrected chi connectivity index (χ4v) is 1.74. The van der Waals surface area contributed by atoms with E-state index in [1.165, 1.54) is 6.39 Å². The van der Waals surface area contributed by atoms with Crippen LogP contribution in [0.1, 0.15) is 0 Å². The molecule has 13 heavy (non-hydrogen) atoms. The molecule has 3 nitrogen and oxygen atoms in total. The maximum absolute atomic E-state index is 4.67. The van der Waals surface area contributed by atoms with Gasteiger partial charge in [-0.1, -0.05) is 37.0 Å². The van der Waals surface area contributed by atoms with Gasteiger partial charge in [-0.25, -0.2) is 0 Å². The second-order valence-corrected chi connectivity index (χ2v) is 4.15. The largest absolute Gasteiger partial charge is 0.342 e. The number of benzene rings is 1. The lowest BCUT2D eigenvalue weighted by atomic mass is 10.2. The van der Waals surface area contributed by atoms with Crippen LogP contribution < -0.4 is 0 Å². The molecule has 1 aromatic carbocycles. The Labute approximate surface area is 91.4 Å². The first kappa shape index (κ1) is 8.90. The third kappa shape index (κ3) is 1.81. The van der Waals surface area contributed by atoms with Crippen LogP contribution in [-0.2, 0) is 0 Å². The minimum absolute atomic E-state index is 0.577. The number of hydrogen-bond acceptors (Lipinski definition) is 3. The highest BCUT2D eigenvalue weighted by Crippen LogP contribution is 2.28. The Morgan fingerprint density at radius 3 is 2.77 bits per heavy atom. The molecule has 0 saturated heterocycles. The Bertz CT molecular complexity index is 414. The smallest absolute Gasteiger partial charge is 0.214 e. The van der Waals surface area contributed by atoms with Gasteiger partial charge < -0.3 is 4.52 Å². The molecule has 0 N–H and O–H groups in total. The van der Waals surface area contributed by atoms with Crippen molar-refractivity contribution in [2.75, 3.05) is 0 Å². The third-order valence-corrected chi connectivity index (χ3v) is 2.72. The van der Waals surface area contributed by atoms with E-state index in [1.54, 1.807) is 0 Å². The van der Waals surface area contributed by atoms with Crippen molar-refractivity contribution in [3.05, 3.63) is 33.5 Å². The molecule has 1 aromatic heterocycles. The number of aromatic nitrogens is 2. The average molecular weight is 304 g/mol. The van der Waals surface area contributed by atoms with E-state index in [4.69, 9.17) is 0 Å². The Balaban J connectivity index is 2.57. The summed E-state index contributed by atoms with van der Waals surface area (Å²) in [4.78, 5) is 3.96. The van der Waals surface area contributed by atoms with Crippen LogP contribution in [0.25, 0.3) is 11.4 Å². The van der Waals surface area contributed by atoms with Crippen molar-refractivity contribution in [3.63, 3.8) is 0 Å². The number of hydrogen-bond donors (Lipinski definition) is 0. The molecule has 2 rings (SSSR count). The predicted molar refractivity (Wildman–Crippen MR) is 55.1 cm³/mol. The first-order valence-corrected chi connectivity index (χ1v) is 5.08. The minimum Gasteiger partial charge on any atom is -0.342 e. The highest BCUT2D eigenvalue weighted by atomic mass is 79.9. The van der Waals surface area contributed by atoms with Crippen LogP contribution in [0.5, 0.6) is 0 Å². The lowest BCUT2D eigenvalue weighted by Gasteiger charge is -1.98. The zero-order valence-electron chi connectivity index (χ0n) is 6.37. The van der Waals surface area contributed by atoms with Gasteiger partial charge in [0.25, 0.3) is 0 Å². The average Bonchev–Trinajstić information content (AvgIpc) is 2.61. The molecule has 0 atom stereocenters. The van der Waals surface area contributed by atoms with Crippen LogP contribution in [0, 0.1) is 0 Å². The van der Waals surface area contributed by atoms with E-state index in [0.717, 1.165) is 14.5 Å². The molecule has 0 unspecified atom stereocenters. The first-order valence-electron chi connectivity index (χ1n) is 3.49. The molecule has 0 aliphatic rings. The highest BCUT2D eigenvalue weighted by molar-refractivity contribution is 9.11. The van der Waals surface area contributed by atoms with Crippen LogP contribution in [0.4, 0.5) is 0 Å². The SMILES string of the molecule is Brc1ccc(Br)c(-c2ncon2)c1. The molecular formula is C8H4Br2N2O. The topological polar surface area (TPSA) is 38.9 Å². The molecule has 66 valence electrons. The number of rotatable bonds is 1. The Morgan fingerprint density at radius 1 is 1.23 bits per heavy atom. The molecule has 0 aliphatic heterocycles. The monoisotopic (exact) mass is 302 g/mol. The summed E-state index contributed by atoms with van der Waals surface area (Å²) in [5, 5.41) is 3.75. The summed E-state index contributed by atoms with van der Waals surface area (Å²) >= 11 is 6.78. The van der Waals surface area contributed by atoms with Crippen molar-refractivity contribution in [1.29, 1.82) is 0 Å². The van der Waals surface area contributed by atoms with Crippen molar-refractivity contribution >= 4 is 31.9 Å². The molecule has 0 amide bonds. The Kier molecular flexibility index (Phi) is 2.46. The van der Waals surface area contributed by atoms with E-state index in [-0.39, 0.29) is 0 Å². The van der Waals surface area contributed by atoms with Crippen LogP contribution in [-0.4, -0.2) is 10.1 Å².